The van der Waals surface area contributed by atoms with Crippen LogP contribution in [0.25, 0.3) is 0 Å². The first-order valence-electron chi connectivity index (χ1n) is 5.90. The Hall–Kier alpha value is -1.36. The lowest BCUT2D eigenvalue weighted by molar-refractivity contribution is -0.153. The van der Waals surface area contributed by atoms with E-state index >= 15 is 0 Å². The van der Waals surface area contributed by atoms with Gasteiger partial charge in [0.1, 0.15) is 12.0 Å². The Balaban J connectivity index is 2.37. The van der Waals surface area contributed by atoms with Gasteiger partial charge in [-0.3, -0.25) is 9.59 Å². The molecule has 1 aliphatic heterocycles. The number of carbonyl (C=O) groups is 2. The number of esters is 2. The van der Waals surface area contributed by atoms with Crippen LogP contribution in [0.1, 0.15) is 20.3 Å². The van der Waals surface area contributed by atoms with Gasteiger partial charge in [0.15, 0.2) is 0 Å². The highest BCUT2D eigenvalue weighted by atomic mass is 16.5. The monoisotopic (exact) mass is 254 g/mol. The summed E-state index contributed by atoms with van der Waals surface area (Å²) >= 11 is 0. The predicted octanol–water partition coefficient (Wildman–Crippen LogP) is 0.666. The van der Waals surface area contributed by atoms with Crippen LogP contribution in [-0.2, 0) is 19.1 Å². The van der Waals surface area contributed by atoms with E-state index in [9.17, 15) is 14.7 Å². The molecule has 1 saturated carbocycles. The number of fused-ring (bicyclic) bond motifs is 1. The van der Waals surface area contributed by atoms with E-state index < -0.39 is 34.8 Å². The first-order chi connectivity index (χ1) is 8.29. The number of aliphatic hydroxyl groups is 1. The van der Waals surface area contributed by atoms with Crippen molar-refractivity contribution >= 4 is 11.9 Å². The number of aliphatic hydroxyl groups excluding tert-OH is 1. The number of carbonyl (C=O) groups excluding carboxylic acids is 2. The summed E-state index contributed by atoms with van der Waals surface area (Å²) in [5.41, 5.74) is -0.959. The molecule has 1 N–H and O–H groups in total. The number of rotatable bonds is 2. The Labute approximate surface area is 106 Å². The van der Waals surface area contributed by atoms with Crippen molar-refractivity contribution in [2.45, 2.75) is 26.4 Å². The second-order valence-corrected chi connectivity index (χ2v) is 5.47. The Bertz CT molecular complexity index is 429. The average Bonchev–Trinajstić information content (AvgIpc) is 2.66. The largest absolute Gasteiger partial charge is 0.469 e. The maximum absolute atomic E-state index is 11.9. The summed E-state index contributed by atoms with van der Waals surface area (Å²) in [7, 11) is 1.30. The normalized spacial score (nSPS) is 42.7. The first kappa shape index (κ1) is 13.1. The lowest BCUT2D eigenvalue weighted by atomic mass is 9.68. The van der Waals surface area contributed by atoms with Gasteiger partial charge in [-0.1, -0.05) is 19.1 Å². The van der Waals surface area contributed by atoms with Gasteiger partial charge in [-0.15, -0.1) is 0 Å². The first-order valence-corrected chi connectivity index (χ1v) is 5.90. The van der Waals surface area contributed by atoms with E-state index in [1.165, 1.54) is 7.11 Å². The van der Waals surface area contributed by atoms with E-state index in [0.29, 0.717) is 5.57 Å². The molecule has 1 saturated heterocycles. The molecule has 0 aromatic heterocycles. The summed E-state index contributed by atoms with van der Waals surface area (Å²) in [5, 5.41) is 10.4. The highest BCUT2D eigenvalue weighted by Crippen LogP contribution is 2.62. The van der Waals surface area contributed by atoms with Crippen molar-refractivity contribution in [3.8, 4) is 0 Å². The van der Waals surface area contributed by atoms with E-state index in [1.54, 1.807) is 6.92 Å². The molecule has 2 aliphatic rings. The second-order valence-electron chi connectivity index (χ2n) is 5.47. The molecule has 100 valence electrons. The highest BCUT2D eigenvalue weighted by molar-refractivity contribution is 5.83. The number of methoxy groups -OCH3 is 1. The van der Waals surface area contributed by atoms with Crippen molar-refractivity contribution in [2.24, 2.45) is 16.7 Å². The summed E-state index contributed by atoms with van der Waals surface area (Å²) in [6.45, 7) is 7.70. The minimum atomic E-state index is -1.03. The van der Waals surface area contributed by atoms with Gasteiger partial charge in [-0.05, 0) is 6.92 Å². The van der Waals surface area contributed by atoms with Crippen LogP contribution in [0.15, 0.2) is 12.2 Å². The Morgan fingerprint density at radius 3 is 2.72 bits per heavy atom. The van der Waals surface area contributed by atoms with Gasteiger partial charge in [-0.25, -0.2) is 0 Å². The fourth-order valence-corrected chi connectivity index (χ4v) is 3.11. The Kier molecular flexibility index (Phi) is 2.77. The highest BCUT2D eigenvalue weighted by Gasteiger charge is 2.69. The van der Waals surface area contributed by atoms with E-state index in [4.69, 9.17) is 4.74 Å². The molecule has 0 bridgehead atoms. The van der Waals surface area contributed by atoms with E-state index in [1.807, 2.05) is 6.92 Å². The van der Waals surface area contributed by atoms with Crippen LogP contribution in [0.4, 0.5) is 0 Å². The summed E-state index contributed by atoms with van der Waals surface area (Å²) in [6.07, 6.45) is -0.932. The Morgan fingerprint density at radius 1 is 1.61 bits per heavy atom. The van der Waals surface area contributed by atoms with Crippen LogP contribution in [0.5, 0.6) is 0 Å². The quantitative estimate of drug-likeness (QED) is 0.579. The molecular formula is C13H18O5. The Morgan fingerprint density at radius 2 is 2.22 bits per heavy atom. The minimum Gasteiger partial charge on any atom is -0.469 e. The zero-order chi connectivity index (χ0) is 13.7. The molecule has 0 spiro atoms. The molecule has 1 aliphatic carbocycles. The van der Waals surface area contributed by atoms with Crippen LogP contribution < -0.4 is 0 Å². The lowest BCUT2D eigenvalue weighted by Crippen LogP contribution is -2.42. The van der Waals surface area contributed by atoms with Crippen LogP contribution in [0.2, 0.25) is 0 Å². The van der Waals surface area contributed by atoms with Gasteiger partial charge in [0.05, 0.1) is 19.6 Å². The molecule has 0 aromatic carbocycles. The van der Waals surface area contributed by atoms with Crippen molar-refractivity contribution in [1.29, 1.82) is 0 Å². The lowest BCUT2D eigenvalue weighted by Gasteiger charge is -2.30. The topological polar surface area (TPSA) is 72.8 Å². The van der Waals surface area contributed by atoms with Crippen LogP contribution >= 0.6 is 0 Å². The molecule has 0 radical (unpaired) electrons. The predicted molar refractivity (Wildman–Crippen MR) is 62.4 cm³/mol. The number of hydrogen-bond acceptors (Lipinski definition) is 5. The molecule has 0 aromatic rings. The zero-order valence-electron chi connectivity index (χ0n) is 10.9. The maximum Gasteiger partial charge on any atom is 0.315 e. The molecule has 5 heteroatoms. The van der Waals surface area contributed by atoms with Gasteiger partial charge in [0, 0.05) is 11.3 Å². The van der Waals surface area contributed by atoms with Crippen molar-refractivity contribution in [2.75, 3.05) is 13.7 Å². The van der Waals surface area contributed by atoms with E-state index in [-0.39, 0.29) is 13.0 Å². The van der Waals surface area contributed by atoms with E-state index in [2.05, 4.69) is 11.3 Å². The number of cyclic esters (lactones) is 1. The van der Waals surface area contributed by atoms with Crippen molar-refractivity contribution in [3.63, 3.8) is 0 Å². The standard InChI is InChI=1S/C13H18O5/c1-7-8(5-9(14)17-4)10(15)13(3)11(16)18-6-12(7,13)2/h8,10,15H,1,5-6H2,2-4H3/t8-,10?,12-,13-/m0/s1. The van der Waals surface area contributed by atoms with Gasteiger partial charge in [0.25, 0.3) is 0 Å². The fraction of sp³-hybridized carbons (Fsp3) is 0.692. The number of hydrogen-bond donors (Lipinski definition) is 1. The van der Waals surface area contributed by atoms with Gasteiger partial charge >= 0.3 is 11.9 Å². The summed E-state index contributed by atoms with van der Waals surface area (Å²) in [4.78, 5) is 23.3. The number of ether oxygens (including phenoxy) is 2. The van der Waals surface area contributed by atoms with Crippen molar-refractivity contribution < 1.29 is 24.2 Å². The van der Waals surface area contributed by atoms with Crippen LogP contribution in [0.3, 0.4) is 0 Å². The van der Waals surface area contributed by atoms with Crippen molar-refractivity contribution in [1.82, 2.24) is 0 Å². The smallest absolute Gasteiger partial charge is 0.315 e. The average molecular weight is 254 g/mol. The molecule has 5 nitrogen and oxygen atoms in total. The van der Waals surface area contributed by atoms with Gasteiger partial charge in [-0.2, -0.15) is 0 Å². The summed E-state index contributed by atoms with van der Waals surface area (Å²) in [6, 6.07) is 0. The molecule has 1 unspecified atom stereocenters. The van der Waals surface area contributed by atoms with Crippen LogP contribution in [0, 0.1) is 16.7 Å². The maximum atomic E-state index is 11.9. The third kappa shape index (κ3) is 1.31. The third-order valence-corrected chi connectivity index (χ3v) is 4.81. The van der Waals surface area contributed by atoms with Gasteiger partial charge < -0.3 is 14.6 Å². The molecule has 0 amide bonds. The molecular weight excluding hydrogens is 236 g/mol. The van der Waals surface area contributed by atoms with Crippen molar-refractivity contribution in [3.05, 3.63) is 12.2 Å². The second kappa shape index (κ2) is 3.82. The van der Waals surface area contributed by atoms with E-state index in [0.717, 1.165) is 0 Å². The third-order valence-electron chi connectivity index (χ3n) is 4.81. The minimum absolute atomic E-state index is 0.0367. The SMILES string of the molecule is C=C1[C@H](CC(=O)OC)C(O)[C@@]2(C)C(=O)OC[C@@]12C. The summed E-state index contributed by atoms with van der Waals surface area (Å²) < 4.78 is 9.69. The molecule has 18 heavy (non-hydrogen) atoms. The van der Waals surface area contributed by atoms with Crippen LogP contribution in [-0.4, -0.2) is 36.9 Å². The molecule has 1 heterocycles. The molecule has 2 fully saturated rings. The molecule has 2 rings (SSSR count). The summed E-state index contributed by atoms with van der Waals surface area (Å²) in [5.74, 6) is -1.30. The molecule has 4 atom stereocenters. The fourth-order valence-electron chi connectivity index (χ4n) is 3.11. The van der Waals surface area contributed by atoms with Gasteiger partial charge in [0.2, 0.25) is 0 Å². The zero-order valence-corrected chi connectivity index (χ0v) is 10.9.